The summed E-state index contributed by atoms with van der Waals surface area (Å²) in [5, 5.41) is 9.48. The molecule has 0 amide bonds. The molecule has 0 fully saturated rings. The van der Waals surface area contributed by atoms with Gasteiger partial charge in [0.1, 0.15) is 6.10 Å². The molecule has 0 bridgehead atoms. The Labute approximate surface area is 92.8 Å². The van der Waals surface area contributed by atoms with E-state index in [1.165, 1.54) is 0 Å². The van der Waals surface area contributed by atoms with Crippen molar-refractivity contribution in [3.05, 3.63) is 0 Å². The van der Waals surface area contributed by atoms with Crippen molar-refractivity contribution >= 4 is 0 Å². The van der Waals surface area contributed by atoms with E-state index in [0.717, 1.165) is 12.8 Å². The average Bonchev–Trinajstić information content (AvgIpc) is 2.23. The van der Waals surface area contributed by atoms with Gasteiger partial charge in [0, 0.05) is 13.2 Å². The van der Waals surface area contributed by atoms with Gasteiger partial charge in [-0.25, -0.2) is 0 Å². The van der Waals surface area contributed by atoms with Crippen molar-refractivity contribution < 1.29 is 14.6 Å². The summed E-state index contributed by atoms with van der Waals surface area (Å²) < 4.78 is 10.5. The van der Waals surface area contributed by atoms with Gasteiger partial charge in [0.25, 0.3) is 0 Å². The summed E-state index contributed by atoms with van der Waals surface area (Å²) in [4.78, 5) is 0. The van der Waals surface area contributed by atoms with Gasteiger partial charge in [-0.3, -0.25) is 0 Å². The topological polar surface area (TPSA) is 38.7 Å². The van der Waals surface area contributed by atoms with E-state index < -0.39 is 12.4 Å². The fraction of sp³-hybridized carbons (Fsp3) is 0.833. The molecule has 0 saturated heterocycles. The molecule has 0 saturated carbocycles. The number of unbranched alkanes of at least 4 members (excludes halogenated alkanes) is 1. The standard InChI is InChI=1S/C12H22O3/c1-4-7-8-11(13)9-10-12(14-5-2)15-6-3/h11-13H,4-8H2,1-3H3. The summed E-state index contributed by atoms with van der Waals surface area (Å²) in [5.74, 6) is 5.53. The molecule has 1 unspecified atom stereocenters. The van der Waals surface area contributed by atoms with Crippen LogP contribution in [0, 0.1) is 11.8 Å². The first-order valence-corrected chi connectivity index (χ1v) is 5.66. The first-order valence-electron chi connectivity index (χ1n) is 5.66. The molecule has 1 atom stereocenters. The van der Waals surface area contributed by atoms with Crippen molar-refractivity contribution in [1.29, 1.82) is 0 Å². The van der Waals surface area contributed by atoms with Crippen LogP contribution < -0.4 is 0 Å². The normalized spacial score (nSPS) is 12.3. The van der Waals surface area contributed by atoms with Crippen molar-refractivity contribution in [1.82, 2.24) is 0 Å². The minimum absolute atomic E-state index is 0.503. The number of aliphatic hydroxyl groups is 1. The van der Waals surface area contributed by atoms with E-state index in [2.05, 4.69) is 18.8 Å². The zero-order valence-corrected chi connectivity index (χ0v) is 9.95. The Bertz CT molecular complexity index is 187. The molecule has 0 rings (SSSR count). The predicted octanol–water partition coefficient (Wildman–Crippen LogP) is 1.94. The minimum Gasteiger partial charge on any atom is -0.380 e. The monoisotopic (exact) mass is 214 g/mol. The lowest BCUT2D eigenvalue weighted by atomic mass is 10.2. The Hall–Kier alpha value is -0.560. The molecule has 0 heterocycles. The molecular weight excluding hydrogens is 192 g/mol. The summed E-state index contributed by atoms with van der Waals surface area (Å²) in [6.45, 7) is 6.99. The van der Waals surface area contributed by atoms with Gasteiger partial charge in [-0.2, -0.15) is 0 Å². The van der Waals surface area contributed by atoms with Crippen molar-refractivity contribution in [3.8, 4) is 11.8 Å². The number of rotatable bonds is 7. The van der Waals surface area contributed by atoms with Gasteiger partial charge in [0.2, 0.25) is 6.29 Å². The lowest BCUT2D eigenvalue weighted by Crippen LogP contribution is -2.16. The molecule has 0 aromatic rings. The van der Waals surface area contributed by atoms with Crippen LogP contribution in [-0.4, -0.2) is 30.7 Å². The fourth-order valence-corrected chi connectivity index (χ4v) is 1.07. The maximum Gasteiger partial charge on any atom is 0.222 e. The Morgan fingerprint density at radius 2 is 1.67 bits per heavy atom. The summed E-state index contributed by atoms with van der Waals surface area (Å²) in [6, 6.07) is 0. The van der Waals surface area contributed by atoms with Crippen LogP contribution in [-0.2, 0) is 9.47 Å². The Morgan fingerprint density at radius 3 is 2.13 bits per heavy atom. The van der Waals surface area contributed by atoms with Gasteiger partial charge in [-0.1, -0.05) is 25.7 Å². The molecule has 1 N–H and O–H groups in total. The largest absolute Gasteiger partial charge is 0.380 e. The van der Waals surface area contributed by atoms with E-state index in [-0.39, 0.29) is 0 Å². The third-order valence-electron chi connectivity index (χ3n) is 1.83. The van der Waals surface area contributed by atoms with E-state index in [0.29, 0.717) is 19.6 Å². The van der Waals surface area contributed by atoms with Crippen LogP contribution in [0.1, 0.15) is 40.0 Å². The van der Waals surface area contributed by atoms with Gasteiger partial charge < -0.3 is 14.6 Å². The van der Waals surface area contributed by atoms with Gasteiger partial charge in [-0.05, 0) is 26.2 Å². The zero-order valence-electron chi connectivity index (χ0n) is 9.95. The first kappa shape index (κ1) is 14.4. The molecule has 0 radical (unpaired) electrons. The molecule has 0 spiro atoms. The van der Waals surface area contributed by atoms with Crippen LogP contribution in [0.3, 0.4) is 0 Å². The van der Waals surface area contributed by atoms with Gasteiger partial charge in [-0.15, -0.1) is 0 Å². The summed E-state index contributed by atoms with van der Waals surface area (Å²) in [5.41, 5.74) is 0. The van der Waals surface area contributed by atoms with Crippen LogP contribution in [0.5, 0.6) is 0 Å². The van der Waals surface area contributed by atoms with Crippen molar-refractivity contribution in [2.45, 2.75) is 52.4 Å². The van der Waals surface area contributed by atoms with E-state index in [1.54, 1.807) is 0 Å². The molecule has 88 valence electrons. The van der Waals surface area contributed by atoms with Crippen LogP contribution in [0.25, 0.3) is 0 Å². The molecule has 0 aromatic heterocycles. The van der Waals surface area contributed by atoms with Gasteiger partial charge in [0.15, 0.2) is 0 Å². The van der Waals surface area contributed by atoms with Crippen molar-refractivity contribution in [3.63, 3.8) is 0 Å². The van der Waals surface area contributed by atoms with Crippen molar-refractivity contribution in [2.24, 2.45) is 0 Å². The number of aliphatic hydroxyl groups excluding tert-OH is 1. The Balaban J connectivity index is 3.94. The number of ether oxygens (including phenoxy) is 2. The third-order valence-corrected chi connectivity index (χ3v) is 1.83. The second-order valence-corrected chi connectivity index (χ2v) is 3.19. The van der Waals surface area contributed by atoms with E-state index in [9.17, 15) is 5.11 Å². The SMILES string of the molecule is CCCCC(O)C#CC(OCC)OCC. The van der Waals surface area contributed by atoms with Crippen LogP contribution in [0.15, 0.2) is 0 Å². The fourth-order valence-electron chi connectivity index (χ4n) is 1.07. The van der Waals surface area contributed by atoms with E-state index in [4.69, 9.17) is 9.47 Å². The zero-order chi connectivity index (χ0) is 11.5. The molecule has 15 heavy (non-hydrogen) atoms. The number of hydrogen-bond acceptors (Lipinski definition) is 3. The van der Waals surface area contributed by atoms with Crippen LogP contribution >= 0.6 is 0 Å². The lowest BCUT2D eigenvalue weighted by molar-refractivity contribution is -0.0971. The molecule has 0 aliphatic rings. The highest BCUT2D eigenvalue weighted by Gasteiger charge is 2.03. The van der Waals surface area contributed by atoms with Gasteiger partial charge >= 0.3 is 0 Å². The molecule has 3 nitrogen and oxygen atoms in total. The number of hydrogen-bond donors (Lipinski definition) is 1. The summed E-state index contributed by atoms with van der Waals surface area (Å²) >= 11 is 0. The van der Waals surface area contributed by atoms with Gasteiger partial charge in [0.05, 0.1) is 0 Å². The Kier molecular flexibility index (Phi) is 9.60. The second-order valence-electron chi connectivity index (χ2n) is 3.19. The molecule has 3 heteroatoms. The van der Waals surface area contributed by atoms with Crippen LogP contribution in [0.4, 0.5) is 0 Å². The molecule has 0 aromatic carbocycles. The second kappa shape index (κ2) is 9.97. The minimum atomic E-state index is -0.562. The third kappa shape index (κ3) is 8.44. The molecule has 0 aliphatic carbocycles. The Morgan fingerprint density at radius 1 is 1.07 bits per heavy atom. The van der Waals surface area contributed by atoms with Crippen molar-refractivity contribution in [2.75, 3.05) is 13.2 Å². The molecular formula is C12H22O3. The highest BCUT2D eigenvalue weighted by atomic mass is 16.7. The quantitative estimate of drug-likeness (QED) is 0.520. The smallest absolute Gasteiger partial charge is 0.222 e. The highest BCUT2D eigenvalue weighted by Crippen LogP contribution is 1.99. The lowest BCUT2D eigenvalue weighted by Gasteiger charge is -2.10. The predicted molar refractivity (Wildman–Crippen MR) is 60.3 cm³/mol. The maximum atomic E-state index is 9.48. The summed E-state index contributed by atoms with van der Waals surface area (Å²) in [6.07, 6.45) is 1.71. The molecule has 0 aliphatic heterocycles. The van der Waals surface area contributed by atoms with Crippen LogP contribution in [0.2, 0.25) is 0 Å². The first-order chi connectivity index (χ1) is 7.24. The van der Waals surface area contributed by atoms with E-state index >= 15 is 0 Å². The maximum absolute atomic E-state index is 9.48. The summed E-state index contributed by atoms with van der Waals surface area (Å²) in [7, 11) is 0. The average molecular weight is 214 g/mol. The highest BCUT2D eigenvalue weighted by molar-refractivity contribution is 5.07. The van der Waals surface area contributed by atoms with E-state index in [1.807, 2.05) is 13.8 Å².